The fourth-order valence-electron chi connectivity index (χ4n) is 0.754. The number of nitrogens with two attached hydrogens (primary N) is 1. The highest BCUT2D eigenvalue weighted by Gasteiger charge is 2.23. The van der Waals surface area contributed by atoms with Crippen molar-refractivity contribution in [2.75, 3.05) is 6.54 Å². The first-order valence-corrected chi connectivity index (χ1v) is 4.12. The molecule has 2 amide bonds. The zero-order valence-corrected chi connectivity index (χ0v) is 7.12. The molecule has 1 saturated carbocycles. The van der Waals surface area contributed by atoms with Gasteiger partial charge in [0, 0.05) is 12.6 Å². The van der Waals surface area contributed by atoms with Gasteiger partial charge < -0.3 is 21.5 Å². The van der Waals surface area contributed by atoms with E-state index in [1.807, 2.05) is 0 Å². The lowest BCUT2D eigenvalue weighted by Gasteiger charge is -2.08. The highest BCUT2D eigenvalue weighted by Crippen LogP contribution is 2.17. The molecule has 0 bridgehead atoms. The Morgan fingerprint density at radius 2 is 2.15 bits per heavy atom. The molecule has 74 valence electrons. The van der Waals surface area contributed by atoms with Crippen molar-refractivity contribution < 1.29 is 14.7 Å². The third-order valence-electron chi connectivity index (χ3n) is 1.71. The summed E-state index contributed by atoms with van der Waals surface area (Å²) in [4.78, 5) is 21.2. The number of carboxylic acid groups (broad SMARTS) is 1. The van der Waals surface area contributed by atoms with Crippen molar-refractivity contribution in [3.05, 3.63) is 0 Å². The van der Waals surface area contributed by atoms with Crippen LogP contribution < -0.4 is 16.4 Å². The largest absolute Gasteiger partial charge is 0.480 e. The number of urea groups is 1. The average Bonchev–Trinajstić information content (AvgIpc) is 2.83. The SMILES string of the molecule is N[C@@H](CNC(=O)NC1CC1)C(=O)O. The molecule has 1 atom stereocenters. The summed E-state index contributed by atoms with van der Waals surface area (Å²) in [5, 5.41) is 13.4. The molecule has 0 heterocycles. The van der Waals surface area contributed by atoms with Crippen molar-refractivity contribution in [3.8, 4) is 0 Å². The van der Waals surface area contributed by atoms with Gasteiger partial charge in [-0.1, -0.05) is 0 Å². The summed E-state index contributed by atoms with van der Waals surface area (Å²) < 4.78 is 0. The van der Waals surface area contributed by atoms with E-state index < -0.39 is 12.0 Å². The zero-order chi connectivity index (χ0) is 9.84. The molecule has 0 aromatic carbocycles. The number of nitrogens with one attached hydrogen (secondary N) is 2. The summed E-state index contributed by atoms with van der Waals surface area (Å²) in [6.07, 6.45) is 2.00. The molecular weight excluding hydrogens is 174 g/mol. The van der Waals surface area contributed by atoms with E-state index >= 15 is 0 Å². The number of aliphatic carboxylic acids is 1. The first kappa shape index (κ1) is 9.79. The van der Waals surface area contributed by atoms with E-state index in [1.54, 1.807) is 0 Å². The molecular formula is C7H13N3O3. The first-order valence-electron chi connectivity index (χ1n) is 4.12. The van der Waals surface area contributed by atoms with Gasteiger partial charge in [-0.15, -0.1) is 0 Å². The maximum Gasteiger partial charge on any atom is 0.322 e. The Balaban J connectivity index is 2.09. The van der Waals surface area contributed by atoms with Crippen LogP contribution in [0.5, 0.6) is 0 Å². The van der Waals surface area contributed by atoms with E-state index in [1.165, 1.54) is 0 Å². The van der Waals surface area contributed by atoms with Gasteiger partial charge in [0.15, 0.2) is 0 Å². The van der Waals surface area contributed by atoms with Crippen molar-refractivity contribution in [2.24, 2.45) is 5.73 Å². The number of hydrogen-bond donors (Lipinski definition) is 4. The molecule has 1 rings (SSSR count). The van der Waals surface area contributed by atoms with E-state index in [4.69, 9.17) is 10.8 Å². The van der Waals surface area contributed by atoms with Crippen LogP contribution in [0.25, 0.3) is 0 Å². The third-order valence-corrected chi connectivity index (χ3v) is 1.71. The average molecular weight is 187 g/mol. The summed E-state index contributed by atoms with van der Waals surface area (Å²) in [6, 6.07) is -1.12. The topological polar surface area (TPSA) is 104 Å². The number of hydrogen-bond acceptors (Lipinski definition) is 3. The summed E-state index contributed by atoms with van der Waals surface area (Å²) >= 11 is 0. The molecule has 5 N–H and O–H groups in total. The van der Waals surface area contributed by atoms with Gasteiger partial charge in [0.25, 0.3) is 0 Å². The van der Waals surface area contributed by atoms with Crippen LogP contribution in [0, 0.1) is 0 Å². The Morgan fingerprint density at radius 3 is 2.62 bits per heavy atom. The van der Waals surface area contributed by atoms with Crippen molar-refractivity contribution in [1.82, 2.24) is 10.6 Å². The second-order valence-corrected chi connectivity index (χ2v) is 3.07. The standard InChI is InChI=1S/C7H13N3O3/c8-5(6(11)12)3-9-7(13)10-4-1-2-4/h4-5H,1-3,8H2,(H,11,12)(H2,9,10,13)/t5-/m0/s1. The minimum atomic E-state index is -1.12. The van der Waals surface area contributed by atoms with Crippen LogP contribution >= 0.6 is 0 Å². The quantitative estimate of drug-likeness (QED) is 0.446. The summed E-state index contributed by atoms with van der Waals surface area (Å²) in [5.74, 6) is -1.12. The summed E-state index contributed by atoms with van der Waals surface area (Å²) in [7, 11) is 0. The number of rotatable bonds is 4. The van der Waals surface area contributed by atoms with E-state index in [9.17, 15) is 9.59 Å². The molecule has 0 aromatic heterocycles. The van der Waals surface area contributed by atoms with Gasteiger partial charge in [0.1, 0.15) is 6.04 Å². The van der Waals surface area contributed by atoms with Crippen molar-refractivity contribution >= 4 is 12.0 Å². The van der Waals surface area contributed by atoms with Crippen LogP contribution in [0.15, 0.2) is 0 Å². The minimum Gasteiger partial charge on any atom is -0.480 e. The maximum atomic E-state index is 10.9. The van der Waals surface area contributed by atoms with Crippen LogP contribution in [0.2, 0.25) is 0 Å². The number of carboxylic acids is 1. The van der Waals surface area contributed by atoms with Gasteiger partial charge in [0.2, 0.25) is 0 Å². The lowest BCUT2D eigenvalue weighted by atomic mass is 10.3. The fraction of sp³-hybridized carbons (Fsp3) is 0.714. The van der Waals surface area contributed by atoms with Crippen LogP contribution in [0.4, 0.5) is 4.79 Å². The van der Waals surface area contributed by atoms with Gasteiger partial charge in [0.05, 0.1) is 0 Å². The number of amides is 2. The Hall–Kier alpha value is -1.30. The van der Waals surface area contributed by atoms with Crippen molar-refractivity contribution in [1.29, 1.82) is 0 Å². The number of carbonyl (C=O) groups excluding carboxylic acids is 1. The van der Waals surface area contributed by atoms with E-state index in [-0.39, 0.29) is 18.6 Å². The van der Waals surface area contributed by atoms with Gasteiger partial charge in [-0.05, 0) is 12.8 Å². The summed E-state index contributed by atoms with van der Waals surface area (Å²) in [6.45, 7) is -0.0477. The van der Waals surface area contributed by atoms with E-state index in [0.717, 1.165) is 12.8 Å². The Morgan fingerprint density at radius 1 is 1.54 bits per heavy atom. The molecule has 0 aliphatic heterocycles. The monoisotopic (exact) mass is 187 g/mol. The van der Waals surface area contributed by atoms with E-state index in [0.29, 0.717) is 0 Å². The Kier molecular flexibility index (Phi) is 3.07. The highest BCUT2D eigenvalue weighted by atomic mass is 16.4. The van der Waals surface area contributed by atoms with Gasteiger partial charge in [-0.3, -0.25) is 4.79 Å². The molecule has 0 unspecified atom stereocenters. The van der Waals surface area contributed by atoms with Gasteiger partial charge in [-0.25, -0.2) is 4.79 Å². The van der Waals surface area contributed by atoms with Crippen LogP contribution in [-0.4, -0.2) is 35.7 Å². The highest BCUT2D eigenvalue weighted by molar-refractivity contribution is 5.77. The summed E-state index contributed by atoms with van der Waals surface area (Å²) in [5.41, 5.74) is 5.17. The smallest absolute Gasteiger partial charge is 0.322 e. The Bertz CT molecular complexity index is 215. The molecule has 0 radical (unpaired) electrons. The normalized spacial score (nSPS) is 17.6. The van der Waals surface area contributed by atoms with E-state index in [2.05, 4.69) is 10.6 Å². The van der Waals surface area contributed by atoms with Crippen LogP contribution in [-0.2, 0) is 4.79 Å². The lowest BCUT2D eigenvalue weighted by Crippen LogP contribution is -2.46. The van der Waals surface area contributed by atoms with Gasteiger partial charge >= 0.3 is 12.0 Å². The molecule has 0 aromatic rings. The van der Waals surface area contributed by atoms with Crippen molar-refractivity contribution in [3.63, 3.8) is 0 Å². The molecule has 1 aliphatic rings. The Labute approximate surface area is 75.5 Å². The second kappa shape index (κ2) is 4.08. The zero-order valence-electron chi connectivity index (χ0n) is 7.12. The molecule has 0 spiro atoms. The predicted octanol–water partition coefficient (Wildman–Crippen LogP) is -1.14. The molecule has 1 fully saturated rings. The van der Waals surface area contributed by atoms with Crippen LogP contribution in [0.3, 0.4) is 0 Å². The fourth-order valence-corrected chi connectivity index (χ4v) is 0.754. The molecule has 0 saturated heterocycles. The third kappa shape index (κ3) is 3.75. The predicted molar refractivity (Wildman–Crippen MR) is 45.2 cm³/mol. The molecule has 13 heavy (non-hydrogen) atoms. The second-order valence-electron chi connectivity index (χ2n) is 3.07. The molecule has 1 aliphatic carbocycles. The first-order chi connectivity index (χ1) is 6.09. The minimum absolute atomic E-state index is 0.0477. The molecule has 6 heteroatoms. The lowest BCUT2D eigenvalue weighted by molar-refractivity contribution is -0.138. The molecule has 6 nitrogen and oxygen atoms in total. The maximum absolute atomic E-state index is 10.9. The number of carbonyl (C=O) groups is 2. The van der Waals surface area contributed by atoms with Crippen LogP contribution in [0.1, 0.15) is 12.8 Å². The van der Waals surface area contributed by atoms with Gasteiger partial charge in [-0.2, -0.15) is 0 Å². The van der Waals surface area contributed by atoms with Crippen molar-refractivity contribution in [2.45, 2.75) is 24.9 Å².